The van der Waals surface area contributed by atoms with Gasteiger partial charge in [-0.1, -0.05) is 58.0 Å². The summed E-state index contributed by atoms with van der Waals surface area (Å²) in [4.78, 5) is 5.81. The number of benzene rings is 3. The zero-order valence-electron chi connectivity index (χ0n) is 16.4. The molecule has 0 bridgehead atoms. The Kier molecular flexibility index (Phi) is 6.62. The summed E-state index contributed by atoms with van der Waals surface area (Å²) >= 11 is 6.48. The molecule has 4 rings (SSSR count). The second-order valence-corrected chi connectivity index (χ2v) is 12.0. The second kappa shape index (κ2) is 9.24. The van der Waals surface area contributed by atoms with Crippen LogP contribution in [-0.4, -0.2) is 19.7 Å². The number of sulfone groups is 1. The highest BCUT2D eigenvalue weighted by atomic mass is 79.9. The molecule has 3 aromatic carbocycles. The molecule has 0 N–H and O–H groups in total. The van der Waals surface area contributed by atoms with E-state index in [1.807, 2.05) is 30.3 Å². The highest BCUT2D eigenvalue weighted by molar-refractivity contribution is 9.10. The third kappa shape index (κ3) is 5.26. The van der Waals surface area contributed by atoms with Crippen LogP contribution in [0, 0.1) is 5.82 Å². The number of nitrogens with zero attached hydrogens (tertiary/aromatic N) is 1. The number of hydrogen-bond acceptors (Lipinski definition) is 5. The van der Waals surface area contributed by atoms with Crippen LogP contribution in [0.5, 0.6) is 0 Å². The maximum absolute atomic E-state index is 13.5. The molecular weight excluding hydrogens is 517 g/mol. The third-order valence-corrected chi connectivity index (χ3v) is 8.52. The molecule has 0 aliphatic rings. The van der Waals surface area contributed by atoms with Crippen molar-refractivity contribution in [2.75, 3.05) is 6.26 Å². The van der Waals surface area contributed by atoms with E-state index in [9.17, 15) is 12.8 Å². The number of aromatic nitrogens is 1. The van der Waals surface area contributed by atoms with Gasteiger partial charge >= 0.3 is 0 Å². The average Bonchev–Trinajstić information content (AvgIpc) is 3.17. The molecule has 3 nitrogen and oxygen atoms in total. The van der Waals surface area contributed by atoms with Gasteiger partial charge in [0.2, 0.25) is 0 Å². The Bertz CT molecular complexity index is 1320. The summed E-state index contributed by atoms with van der Waals surface area (Å²) < 4.78 is 40.1. The number of halogens is 2. The number of hydrogen-bond donors (Lipinski definition) is 0. The molecule has 1 aromatic heterocycles. The number of thioether (sulfide) groups is 1. The van der Waals surface area contributed by atoms with Gasteiger partial charge in [-0.3, -0.25) is 0 Å². The Balaban J connectivity index is 1.78. The van der Waals surface area contributed by atoms with E-state index in [-0.39, 0.29) is 10.7 Å². The smallest absolute Gasteiger partial charge is 0.176 e. The lowest BCUT2D eigenvalue weighted by molar-refractivity contribution is 0.602. The van der Waals surface area contributed by atoms with Gasteiger partial charge in [0.05, 0.1) is 15.5 Å². The van der Waals surface area contributed by atoms with Crippen molar-refractivity contribution in [2.45, 2.75) is 15.0 Å². The molecule has 0 saturated heterocycles. The maximum atomic E-state index is 13.5. The lowest BCUT2D eigenvalue weighted by atomic mass is 10.1. The SMILES string of the molecule is CS(=O)(=O)c1ccccc1-c1sc(SCc2ccc(Br)cc2)nc1-c1ccc(F)cc1. The Morgan fingerprint density at radius 3 is 2.35 bits per heavy atom. The van der Waals surface area contributed by atoms with Crippen LogP contribution < -0.4 is 0 Å². The average molecular weight is 534 g/mol. The maximum Gasteiger partial charge on any atom is 0.176 e. The van der Waals surface area contributed by atoms with E-state index in [1.54, 1.807) is 42.1 Å². The Morgan fingerprint density at radius 1 is 1.00 bits per heavy atom. The molecular formula is C23H17BrFNO2S3. The molecule has 4 aromatic rings. The van der Waals surface area contributed by atoms with Crippen LogP contribution >= 0.6 is 39.0 Å². The molecule has 31 heavy (non-hydrogen) atoms. The monoisotopic (exact) mass is 533 g/mol. The summed E-state index contributed by atoms with van der Waals surface area (Å²) in [6, 6.07) is 21.1. The fourth-order valence-corrected chi connectivity index (χ4v) is 6.44. The van der Waals surface area contributed by atoms with Crippen LogP contribution in [-0.2, 0) is 15.6 Å². The zero-order valence-corrected chi connectivity index (χ0v) is 20.4. The van der Waals surface area contributed by atoms with Gasteiger partial charge in [-0.15, -0.1) is 11.3 Å². The van der Waals surface area contributed by atoms with Crippen molar-refractivity contribution in [1.82, 2.24) is 4.98 Å². The highest BCUT2D eigenvalue weighted by Gasteiger charge is 2.21. The summed E-state index contributed by atoms with van der Waals surface area (Å²) in [6.45, 7) is 0. The fourth-order valence-electron chi connectivity index (χ4n) is 3.05. The molecule has 0 atom stereocenters. The molecule has 0 fully saturated rings. The number of rotatable bonds is 6. The topological polar surface area (TPSA) is 47.0 Å². The summed E-state index contributed by atoms with van der Waals surface area (Å²) in [5, 5.41) is 0. The predicted molar refractivity (Wildman–Crippen MR) is 130 cm³/mol. The number of thiazole rings is 1. The zero-order chi connectivity index (χ0) is 22.0. The molecule has 0 unspecified atom stereocenters. The summed E-state index contributed by atoms with van der Waals surface area (Å²) in [5.41, 5.74) is 3.16. The summed E-state index contributed by atoms with van der Waals surface area (Å²) in [6.07, 6.45) is 1.20. The first-order valence-corrected chi connectivity index (χ1v) is 13.7. The van der Waals surface area contributed by atoms with Crippen molar-refractivity contribution >= 4 is 48.9 Å². The quantitative estimate of drug-likeness (QED) is 0.248. The standard InChI is InChI=1S/C23H17BrFNO2S3/c1-31(27,28)20-5-3-2-4-19(20)22-21(16-8-12-18(25)13-9-16)26-23(30-22)29-14-15-6-10-17(24)11-7-15/h2-13H,14H2,1H3. The predicted octanol–water partition coefficient (Wildman–Crippen LogP) is 7.07. The van der Waals surface area contributed by atoms with E-state index in [4.69, 9.17) is 4.98 Å². The van der Waals surface area contributed by atoms with Crippen LogP contribution in [0.4, 0.5) is 4.39 Å². The Hall–Kier alpha value is -2.00. The van der Waals surface area contributed by atoms with E-state index in [0.29, 0.717) is 11.3 Å². The van der Waals surface area contributed by atoms with Crippen LogP contribution in [0.3, 0.4) is 0 Å². The van der Waals surface area contributed by atoms with E-state index in [1.165, 1.54) is 29.7 Å². The lowest BCUT2D eigenvalue weighted by Gasteiger charge is -2.08. The van der Waals surface area contributed by atoms with Crippen molar-refractivity contribution in [2.24, 2.45) is 0 Å². The highest BCUT2D eigenvalue weighted by Crippen LogP contribution is 2.43. The van der Waals surface area contributed by atoms with Gasteiger partial charge in [0.1, 0.15) is 5.82 Å². The largest absolute Gasteiger partial charge is 0.229 e. The molecule has 8 heteroatoms. The minimum Gasteiger partial charge on any atom is -0.229 e. The molecule has 0 aliphatic heterocycles. The van der Waals surface area contributed by atoms with E-state index in [0.717, 1.165) is 30.6 Å². The van der Waals surface area contributed by atoms with Gasteiger partial charge in [-0.25, -0.2) is 17.8 Å². The van der Waals surface area contributed by atoms with Crippen molar-refractivity contribution in [3.8, 4) is 21.7 Å². The second-order valence-electron chi connectivity index (χ2n) is 6.85. The van der Waals surface area contributed by atoms with E-state index >= 15 is 0 Å². The van der Waals surface area contributed by atoms with Crippen LogP contribution in [0.1, 0.15) is 5.56 Å². The minimum atomic E-state index is -3.43. The van der Waals surface area contributed by atoms with Gasteiger partial charge in [0, 0.05) is 27.6 Å². The molecule has 0 aliphatic carbocycles. The van der Waals surface area contributed by atoms with Crippen LogP contribution in [0.15, 0.2) is 86.5 Å². The van der Waals surface area contributed by atoms with E-state index in [2.05, 4.69) is 15.9 Å². The van der Waals surface area contributed by atoms with E-state index < -0.39 is 9.84 Å². The van der Waals surface area contributed by atoms with Gasteiger partial charge in [-0.05, 0) is 48.0 Å². The van der Waals surface area contributed by atoms with Crippen molar-refractivity contribution in [1.29, 1.82) is 0 Å². The fraction of sp³-hybridized carbons (Fsp3) is 0.0870. The van der Waals surface area contributed by atoms with Crippen LogP contribution in [0.2, 0.25) is 0 Å². The first kappa shape index (κ1) is 22.2. The van der Waals surface area contributed by atoms with Gasteiger partial charge in [0.25, 0.3) is 0 Å². The van der Waals surface area contributed by atoms with Crippen molar-refractivity contribution < 1.29 is 12.8 Å². The third-order valence-electron chi connectivity index (χ3n) is 4.53. The first-order chi connectivity index (χ1) is 14.8. The van der Waals surface area contributed by atoms with Crippen LogP contribution in [0.25, 0.3) is 21.7 Å². The lowest BCUT2D eigenvalue weighted by Crippen LogP contribution is -1.99. The summed E-state index contributed by atoms with van der Waals surface area (Å²) in [7, 11) is -3.43. The first-order valence-electron chi connectivity index (χ1n) is 9.25. The Labute approximate surface area is 197 Å². The molecule has 0 amide bonds. The molecule has 1 heterocycles. The van der Waals surface area contributed by atoms with Gasteiger partial charge < -0.3 is 0 Å². The molecule has 0 radical (unpaired) electrons. The molecule has 158 valence electrons. The molecule has 0 spiro atoms. The Morgan fingerprint density at radius 2 is 1.68 bits per heavy atom. The van der Waals surface area contributed by atoms with Crippen molar-refractivity contribution in [3.05, 3.63) is 88.6 Å². The molecule has 0 saturated carbocycles. The van der Waals surface area contributed by atoms with Gasteiger partial charge in [-0.2, -0.15) is 0 Å². The minimum absolute atomic E-state index is 0.256. The normalized spacial score (nSPS) is 11.6. The summed E-state index contributed by atoms with van der Waals surface area (Å²) in [5.74, 6) is 0.401. The van der Waals surface area contributed by atoms with Crippen molar-refractivity contribution in [3.63, 3.8) is 0 Å². The van der Waals surface area contributed by atoms with Gasteiger partial charge in [0.15, 0.2) is 14.2 Å².